The molecule has 0 aliphatic heterocycles. The minimum atomic E-state index is -2.61. The summed E-state index contributed by atoms with van der Waals surface area (Å²) in [5.41, 5.74) is 7.51. The highest BCUT2D eigenvalue weighted by atomic mass is 32.2. The molecule has 0 saturated heterocycles. The Hall–Kier alpha value is -0.910. The van der Waals surface area contributed by atoms with E-state index in [-0.39, 0.29) is 0 Å². The molecule has 0 unspecified atom stereocenters. The minimum absolute atomic E-state index is 0.838. The highest BCUT2D eigenvalue weighted by Crippen LogP contribution is 2.03. The fourth-order valence-corrected chi connectivity index (χ4v) is 0.670. The van der Waals surface area contributed by atoms with Gasteiger partial charge in [-0.05, 0) is 24.6 Å². The van der Waals surface area contributed by atoms with Crippen molar-refractivity contribution >= 4 is 17.0 Å². The monoisotopic (exact) mass is 189 g/mol. The fraction of sp³-hybridized carbons (Fsp3) is 0.143. The number of nitrogens with two attached hydrogens (primary N) is 1. The summed E-state index contributed by atoms with van der Waals surface area (Å²) in [6, 6.07) is 7.80. The van der Waals surface area contributed by atoms with Crippen molar-refractivity contribution in [2.24, 2.45) is 0 Å². The Bertz CT molecular complexity index is 243. The van der Waals surface area contributed by atoms with Gasteiger partial charge in [-0.2, -0.15) is 4.21 Å². The quantitative estimate of drug-likeness (QED) is 0.423. The van der Waals surface area contributed by atoms with Crippen LogP contribution < -0.4 is 5.73 Å². The molecule has 0 spiro atoms. The van der Waals surface area contributed by atoms with Crippen LogP contribution >= 0.6 is 0 Å². The summed E-state index contributed by atoms with van der Waals surface area (Å²) in [6.45, 7) is 2.02. The first-order valence-electron chi connectivity index (χ1n) is 3.14. The molecule has 12 heavy (non-hydrogen) atoms. The molecule has 0 heterocycles. The van der Waals surface area contributed by atoms with Gasteiger partial charge in [0.2, 0.25) is 0 Å². The van der Waals surface area contributed by atoms with E-state index in [9.17, 15) is 0 Å². The van der Waals surface area contributed by atoms with E-state index in [1.54, 1.807) is 0 Å². The van der Waals surface area contributed by atoms with Crippen molar-refractivity contribution in [2.45, 2.75) is 6.92 Å². The van der Waals surface area contributed by atoms with Gasteiger partial charge >= 0.3 is 0 Å². The maximum Gasteiger partial charge on any atom is 0.299 e. The van der Waals surface area contributed by atoms with Gasteiger partial charge in [-0.1, -0.05) is 12.1 Å². The standard InChI is InChI=1S/C7H9N.H2O3S/c1-6-3-2-4-7(8)5-6;1-4(2)3/h2-5H,8H2,1H3;(H2,1,2,3). The van der Waals surface area contributed by atoms with E-state index in [1.165, 1.54) is 5.56 Å². The molecular weight excluding hydrogens is 178 g/mol. The van der Waals surface area contributed by atoms with E-state index in [4.69, 9.17) is 19.0 Å². The van der Waals surface area contributed by atoms with Gasteiger partial charge in [0, 0.05) is 5.69 Å². The third-order valence-corrected chi connectivity index (χ3v) is 1.04. The van der Waals surface area contributed by atoms with Gasteiger partial charge in [-0.15, -0.1) is 0 Å². The molecule has 1 aromatic carbocycles. The number of hydrogen-bond acceptors (Lipinski definition) is 2. The minimum Gasteiger partial charge on any atom is -0.399 e. The van der Waals surface area contributed by atoms with Gasteiger partial charge in [0.15, 0.2) is 0 Å². The van der Waals surface area contributed by atoms with Crippen molar-refractivity contribution in [3.63, 3.8) is 0 Å². The Balaban J connectivity index is 0.000000261. The molecule has 0 fully saturated rings. The lowest BCUT2D eigenvalue weighted by Gasteiger charge is -1.91. The molecule has 0 aromatic heterocycles. The maximum absolute atomic E-state index is 8.67. The van der Waals surface area contributed by atoms with E-state index in [0.717, 1.165) is 5.69 Å². The SMILES string of the molecule is Cc1cccc(N)c1.O=S(O)O. The predicted molar refractivity (Wildman–Crippen MR) is 49.0 cm³/mol. The maximum atomic E-state index is 8.67. The van der Waals surface area contributed by atoms with Gasteiger partial charge in [0.05, 0.1) is 0 Å². The van der Waals surface area contributed by atoms with Crippen molar-refractivity contribution in [1.82, 2.24) is 0 Å². The largest absolute Gasteiger partial charge is 0.399 e. The van der Waals surface area contributed by atoms with E-state index in [1.807, 2.05) is 31.2 Å². The first kappa shape index (κ1) is 11.1. The van der Waals surface area contributed by atoms with Gasteiger partial charge in [0.1, 0.15) is 0 Å². The Labute approximate surface area is 73.5 Å². The Kier molecular flexibility index (Phi) is 5.27. The zero-order chi connectivity index (χ0) is 9.56. The average Bonchev–Trinajstić information content (AvgIpc) is 1.84. The lowest BCUT2D eigenvalue weighted by Crippen LogP contribution is -1.82. The molecule has 0 saturated carbocycles. The first-order valence-corrected chi connectivity index (χ1v) is 4.21. The molecule has 68 valence electrons. The molecule has 1 aromatic rings. The number of anilines is 1. The average molecular weight is 189 g/mol. The molecule has 0 amide bonds. The second-order valence-electron chi connectivity index (χ2n) is 2.14. The lowest BCUT2D eigenvalue weighted by atomic mass is 10.2. The van der Waals surface area contributed by atoms with Crippen LogP contribution in [0.4, 0.5) is 5.69 Å². The van der Waals surface area contributed by atoms with Crippen LogP contribution in [0.5, 0.6) is 0 Å². The zero-order valence-corrected chi connectivity index (χ0v) is 7.41. The summed E-state index contributed by atoms with van der Waals surface area (Å²) in [7, 11) is 0. The van der Waals surface area contributed by atoms with Gasteiger partial charge < -0.3 is 5.73 Å². The Morgan fingerprint density at radius 3 is 2.17 bits per heavy atom. The summed E-state index contributed by atoms with van der Waals surface area (Å²) in [5, 5.41) is 0. The third kappa shape index (κ3) is 7.20. The molecule has 0 aliphatic rings. The molecule has 1 rings (SSSR count). The molecule has 4 nitrogen and oxygen atoms in total. The number of nitrogen functional groups attached to an aromatic ring is 1. The van der Waals surface area contributed by atoms with E-state index < -0.39 is 11.4 Å². The van der Waals surface area contributed by atoms with Crippen LogP contribution in [0, 0.1) is 6.92 Å². The van der Waals surface area contributed by atoms with Crippen molar-refractivity contribution in [3.05, 3.63) is 29.8 Å². The Morgan fingerprint density at radius 2 is 1.92 bits per heavy atom. The number of benzene rings is 1. The molecule has 0 bridgehead atoms. The van der Waals surface area contributed by atoms with Gasteiger partial charge in [-0.3, -0.25) is 9.11 Å². The summed E-state index contributed by atoms with van der Waals surface area (Å²) in [6.07, 6.45) is 0. The van der Waals surface area contributed by atoms with E-state index in [2.05, 4.69) is 0 Å². The second kappa shape index (κ2) is 5.70. The predicted octanol–water partition coefficient (Wildman–Crippen LogP) is 1.26. The molecule has 0 radical (unpaired) electrons. The lowest BCUT2D eigenvalue weighted by molar-refractivity contribution is 0.454. The third-order valence-electron chi connectivity index (χ3n) is 1.04. The molecule has 4 N–H and O–H groups in total. The number of rotatable bonds is 0. The van der Waals surface area contributed by atoms with Crippen molar-refractivity contribution in [3.8, 4) is 0 Å². The van der Waals surface area contributed by atoms with Crippen LogP contribution in [0.2, 0.25) is 0 Å². The van der Waals surface area contributed by atoms with Crippen molar-refractivity contribution < 1.29 is 13.3 Å². The van der Waals surface area contributed by atoms with Crippen LogP contribution in [0.1, 0.15) is 5.56 Å². The molecule has 0 atom stereocenters. The van der Waals surface area contributed by atoms with Crippen LogP contribution in [0.3, 0.4) is 0 Å². The number of hydrogen-bond donors (Lipinski definition) is 3. The van der Waals surface area contributed by atoms with E-state index in [0.29, 0.717) is 0 Å². The van der Waals surface area contributed by atoms with Gasteiger partial charge in [-0.25, -0.2) is 0 Å². The summed E-state index contributed by atoms with van der Waals surface area (Å²) >= 11 is -2.61. The van der Waals surface area contributed by atoms with Crippen molar-refractivity contribution in [2.75, 3.05) is 5.73 Å². The summed E-state index contributed by atoms with van der Waals surface area (Å²) in [4.78, 5) is 0. The van der Waals surface area contributed by atoms with Crippen LogP contribution in [-0.2, 0) is 11.4 Å². The second-order valence-corrected chi connectivity index (χ2v) is 2.61. The topological polar surface area (TPSA) is 83.6 Å². The van der Waals surface area contributed by atoms with Crippen LogP contribution in [-0.4, -0.2) is 13.3 Å². The van der Waals surface area contributed by atoms with Crippen LogP contribution in [0.25, 0.3) is 0 Å². The van der Waals surface area contributed by atoms with E-state index >= 15 is 0 Å². The Morgan fingerprint density at radius 1 is 1.42 bits per heavy atom. The molecule has 0 aliphatic carbocycles. The van der Waals surface area contributed by atoms with Crippen LogP contribution in [0.15, 0.2) is 24.3 Å². The highest BCUT2D eigenvalue weighted by Gasteiger charge is 1.81. The summed E-state index contributed by atoms with van der Waals surface area (Å²) in [5.74, 6) is 0. The molecule has 5 heteroatoms. The smallest absolute Gasteiger partial charge is 0.299 e. The molecular formula is C7H11NO3S. The van der Waals surface area contributed by atoms with Gasteiger partial charge in [0.25, 0.3) is 11.4 Å². The summed E-state index contributed by atoms with van der Waals surface area (Å²) < 4.78 is 22.8. The fourth-order valence-electron chi connectivity index (χ4n) is 0.670. The number of aryl methyl sites for hydroxylation is 1. The first-order chi connectivity index (χ1) is 5.52. The van der Waals surface area contributed by atoms with Crippen molar-refractivity contribution in [1.29, 1.82) is 0 Å². The highest BCUT2D eigenvalue weighted by molar-refractivity contribution is 7.73. The zero-order valence-electron chi connectivity index (χ0n) is 6.60. The normalized spacial score (nSPS) is 9.00.